The van der Waals surface area contributed by atoms with Crippen molar-refractivity contribution in [1.82, 2.24) is 14.1 Å². The van der Waals surface area contributed by atoms with Gasteiger partial charge in [0.25, 0.3) is 11.8 Å². The maximum atomic E-state index is 10.9. The summed E-state index contributed by atoms with van der Waals surface area (Å²) in [6, 6.07) is 6.74. The van der Waals surface area contributed by atoms with Crippen LogP contribution in [0.2, 0.25) is 0 Å². The third-order valence-corrected chi connectivity index (χ3v) is 2.74. The van der Waals surface area contributed by atoms with Gasteiger partial charge in [0.05, 0.1) is 22.9 Å². The second-order valence-corrected chi connectivity index (χ2v) is 3.89. The van der Waals surface area contributed by atoms with Crippen LogP contribution in [0.4, 0.5) is 11.6 Å². The van der Waals surface area contributed by atoms with Gasteiger partial charge in [-0.1, -0.05) is 12.1 Å². The van der Waals surface area contributed by atoms with Crippen LogP contribution in [0.15, 0.2) is 24.3 Å². The zero-order chi connectivity index (χ0) is 13.1. The van der Waals surface area contributed by atoms with Crippen LogP contribution in [0.5, 0.6) is 0 Å². The van der Waals surface area contributed by atoms with E-state index < -0.39 is 0 Å². The summed E-state index contributed by atoms with van der Waals surface area (Å²) in [6.07, 6.45) is 0. The molecule has 2 heterocycles. The zero-order valence-electron chi connectivity index (χ0n) is 10.1. The van der Waals surface area contributed by atoms with Gasteiger partial charge < -0.3 is 11.5 Å². The molecule has 2 aromatic rings. The summed E-state index contributed by atoms with van der Waals surface area (Å²) in [6.45, 7) is 0. The summed E-state index contributed by atoms with van der Waals surface area (Å²) in [4.78, 5) is 21.9. The molecule has 0 unspecified atom stereocenters. The standard InChI is InChI=1S/C8H5NO2.C2H4N4S.K/c10-7-5-3-1-2-4-6(5)8(11)9-7;3-1-2(4)6-7-5-1;/h1-4H,(H,9,10,11);(H2,3,5)(H2,4,6);. The van der Waals surface area contributed by atoms with E-state index in [0.29, 0.717) is 22.8 Å². The number of imide groups is 1. The van der Waals surface area contributed by atoms with Crippen molar-refractivity contribution in [1.29, 1.82) is 0 Å². The van der Waals surface area contributed by atoms with Gasteiger partial charge in [-0.15, -0.1) is 0 Å². The third-order valence-electron chi connectivity index (χ3n) is 2.18. The van der Waals surface area contributed by atoms with Crippen molar-refractivity contribution < 1.29 is 9.59 Å². The van der Waals surface area contributed by atoms with Gasteiger partial charge in [-0.2, -0.15) is 8.75 Å². The molecule has 0 fully saturated rings. The van der Waals surface area contributed by atoms with Crippen molar-refractivity contribution in [3.8, 4) is 0 Å². The molecule has 19 heavy (non-hydrogen) atoms. The van der Waals surface area contributed by atoms with E-state index in [9.17, 15) is 9.59 Å². The number of hydrogen-bond acceptors (Lipinski definition) is 7. The molecular formula is C10H9KN5O2S. The average molecular weight is 302 g/mol. The molecule has 0 saturated heterocycles. The first-order valence-corrected chi connectivity index (χ1v) is 5.61. The maximum Gasteiger partial charge on any atom is 0.258 e. The molecule has 1 aliphatic rings. The summed E-state index contributed by atoms with van der Waals surface area (Å²) in [5, 5.41) is 2.20. The molecule has 9 heteroatoms. The molecule has 0 atom stereocenters. The van der Waals surface area contributed by atoms with Crippen LogP contribution in [0.1, 0.15) is 20.7 Å². The third kappa shape index (κ3) is 3.81. The number of nitrogen functional groups attached to an aromatic ring is 2. The number of fused-ring (bicyclic) bond motifs is 1. The van der Waals surface area contributed by atoms with Crippen molar-refractivity contribution in [3.63, 3.8) is 0 Å². The van der Waals surface area contributed by atoms with Crippen LogP contribution in [-0.4, -0.2) is 71.9 Å². The Bertz CT molecular complexity index is 566. The number of nitrogens with two attached hydrogens (primary N) is 2. The quantitative estimate of drug-likeness (QED) is 0.461. The Morgan fingerprint density at radius 1 is 0.947 bits per heavy atom. The SMILES string of the molecule is Nc1nsnc1N.O=C1NC(=O)c2ccccc21.[K]. The van der Waals surface area contributed by atoms with E-state index in [1.54, 1.807) is 24.3 Å². The fraction of sp³-hybridized carbons (Fsp3) is 0. The van der Waals surface area contributed by atoms with Gasteiger partial charge in [-0.25, -0.2) is 0 Å². The first kappa shape index (κ1) is 16.2. The normalized spacial score (nSPS) is 11.8. The smallest absolute Gasteiger partial charge is 0.258 e. The minimum Gasteiger partial charge on any atom is -0.380 e. The van der Waals surface area contributed by atoms with Crippen LogP contribution >= 0.6 is 11.7 Å². The molecular weight excluding hydrogens is 293 g/mol. The predicted molar refractivity (Wildman–Crippen MR) is 72.7 cm³/mol. The fourth-order valence-electron chi connectivity index (χ4n) is 1.32. The number of aromatic nitrogens is 2. The Morgan fingerprint density at radius 3 is 1.68 bits per heavy atom. The summed E-state index contributed by atoms with van der Waals surface area (Å²) in [5.74, 6) is 0.0474. The summed E-state index contributed by atoms with van der Waals surface area (Å²) >= 11 is 1.02. The molecule has 7 nitrogen and oxygen atoms in total. The molecule has 0 saturated carbocycles. The summed E-state index contributed by atoms with van der Waals surface area (Å²) in [7, 11) is 0. The molecule has 1 aliphatic heterocycles. The molecule has 0 aliphatic carbocycles. The predicted octanol–water partition coefficient (Wildman–Crippen LogP) is -0.108. The van der Waals surface area contributed by atoms with Crippen LogP contribution in [0, 0.1) is 0 Å². The molecule has 1 radical (unpaired) electrons. The van der Waals surface area contributed by atoms with E-state index in [4.69, 9.17) is 11.5 Å². The Labute approximate surface area is 155 Å². The van der Waals surface area contributed by atoms with Crippen LogP contribution in [0.25, 0.3) is 0 Å². The number of benzene rings is 1. The first-order chi connectivity index (χ1) is 8.59. The zero-order valence-corrected chi connectivity index (χ0v) is 14.0. The van der Waals surface area contributed by atoms with Gasteiger partial charge in [0.1, 0.15) is 0 Å². The number of amides is 2. The van der Waals surface area contributed by atoms with E-state index in [0.717, 1.165) is 11.7 Å². The van der Waals surface area contributed by atoms with Crippen molar-refractivity contribution in [3.05, 3.63) is 35.4 Å². The minimum atomic E-state index is -0.300. The molecule has 0 spiro atoms. The number of rotatable bonds is 0. The van der Waals surface area contributed by atoms with Gasteiger partial charge in [0.15, 0.2) is 11.6 Å². The monoisotopic (exact) mass is 302 g/mol. The average Bonchev–Trinajstić information content (AvgIpc) is 2.87. The number of nitrogens with one attached hydrogen (secondary N) is 1. The fourth-order valence-corrected chi connectivity index (χ4v) is 1.72. The number of anilines is 2. The van der Waals surface area contributed by atoms with E-state index in [-0.39, 0.29) is 63.2 Å². The molecule has 3 rings (SSSR count). The molecule has 2 amide bonds. The van der Waals surface area contributed by atoms with E-state index in [1.807, 2.05) is 0 Å². The van der Waals surface area contributed by atoms with Crippen molar-refractivity contribution in [2.75, 3.05) is 11.5 Å². The molecule has 0 bridgehead atoms. The number of carbonyl (C=O) groups excluding carboxylic acids is 2. The maximum absolute atomic E-state index is 10.9. The Kier molecular flexibility index (Phi) is 6.04. The first-order valence-electron chi connectivity index (χ1n) is 4.88. The Hall–Kier alpha value is -0.844. The van der Waals surface area contributed by atoms with Gasteiger partial charge in [-0.05, 0) is 12.1 Å². The Balaban J connectivity index is 0.000000198. The summed E-state index contributed by atoms with van der Waals surface area (Å²) in [5.41, 5.74) is 11.2. The topological polar surface area (TPSA) is 124 Å². The van der Waals surface area contributed by atoms with Crippen LogP contribution in [0.3, 0.4) is 0 Å². The largest absolute Gasteiger partial charge is 0.380 e. The minimum absolute atomic E-state index is 0. The van der Waals surface area contributed by atoms with E-state index in [2.05, 4.69) is 14.1 Å². The second kappa shape index (κ2) is 7.08. The number of hydrogen-bond donors (Lipinski definition) is 3. The van der Waals surface area contributed by atoms with Crippen molar-refractivity contribution in [2.45, 2.75) is 0 Å². The van der Waals surface area contributed by atoms with Crippen molar-refractivity contribution in [2.24, 2.45) is 0 Å². The van der Waals surface area contributed by atoms with Gasteiger partial charge >= 0.3 is 0 Å². The second-order valence-electron chi connectivity index (χ2n) is 3.36. The van der Waals surface area contributed by atoms with E-state index in [1.165, 1.54) is 0 Å². The van der Waals surface area contributed by atoms with E-state index >= 15 is 0 Å². The number of carbonyl (C=O) groups is 2. The van der Waals surface area contributed by atoms with Gasteiger partial charge in [0, 0.05) is 51.4 Å². The van der Waals surface area contributed by atoms with Gasteiger partial charge in [0.2, 0.25) is 0 Å². The van der Waals surface area contributed by atoms with Gasteiger partial charge in [-0.3, -0.25) is 14.9 Å². The Morgan fingerprint density at radius 2 is 1.37 bits per heavy atom. The molecule has 1 aromatic heterocycles. The molecule has 1 aromatic carbocycles. The van der Waals surface area contributed by atoms with Crippen molar-refractivity contribution >= 4 is 86.6 Å². The summed E-state index contributed by atoms with van der Waals surface area (Å²) < 4.78 is 7.20. The number of nitrogens with zero attached hydrogens (tertiary/aromatic N) is 2. The molecule has 93 valence electrons. The molecule has 5 N–H and O–H groups in total. The van der Waals surface area contributed by atoms with Crippen LogP contribution < -0.4 is 16.8 Å². The van der Waals surface area contributed by atoms with Crippen LogP contribution in [-0.2, 0) is 0 Å².